The first-order valence-electron chi connectivity index (χ1n) is 8.44. The first-order chi connectivity index (χ1) is 13.2. The highest BCUT2D eigenvalue weighted by Crippen LogP contribution is 2.37. The van der Waals surface area contributed by atoms with E-state index in [1.165, 1.54) is 0 Å². The summed E-state index contributed by atoms with van der Waals surface area (Å²) in [7, 11) is 3.47. The SMILES string of the molecule is CNc1nc(-c2cccnc2)nc2c(OC)cc(-c3ccccc3Cl)cc12. The van der Waals surface area contributed by atoms with E-state index < -0.39 is 0 Å². The van der Waals surface area contributed by atoms with E-state index in [0.29, 0.717) is 22.4 Å². The highest BCUT2D eigenvalue weighted by atomic mass is 35.5. The van der Waals surface area contributed by atoms with Crippen molar-refractivity contribution in [1.82, 2.24) is 15.0 Å². The number of hydrogen-bond acceptors (Lipinski definition) is 5. The molecule has 134 valence electrons. The van der Waals surface area contributed by atoms with E-state index in [4.69, 9.17) is 21.3 Å². The standard InChI is InChI=1S/C21H17ClN4O/c1-23-21-16-10-14(15-7-3-4-8-17(15)22)11-18(27-2)19(16)25-20(26-21)13-6-5-9-24-12-13/h3-12H,1-2H3,(H,23,25,26). The van der Waals surface area contributed by atoms with Gasteiger partial charge in [-0.15, -0.1) is 0 Å². The van der Waals surface area contributed by atoms with Gasteiger partial charge in [-0.3, -0.25) is 4.98 Å². The van der Waals surface area contributed by atoms with Crippen molar-refractivity contribution in [3.05, 3.63) is 65.9 Å². The average molecular weight is 377 g/mol. The molecular weight excluding hydrogens is 360 g/mol. The molecule has 2 heterocycles. The van der Waals surface area contributed by atoms with E-state index in [2.05, 4.69) is 15.3 Å². The van der Waals surface area contributed by atoms with Gasteiger partial charge in [-0.1, -0.05) is 29.8 Å². The van der Waals surface area contributed by atoms with Crippen LogP contribution in [0, 0.1) is 0 Å². The van der Waals surface area contributed by atoms with Crippen LogP contribution in [0.25, 0.3) is 33.4 Å². The fourth-order valence-corrected chi connectivity index (χ4v) is 3.27. The van der Waals surface area contributed by atoms with Gasteiger partial charge in [0.05, 0.1) is 7.11 Å². The molecule has 2 aromatic carbocycles. The van der Waals surface area contributed by atoms with Gasteiger partial charge in [0.2, 0.25) is 0 Å². The largest absolute Gasteiger partial charge is 0.494 e. The van der Waals surface area contributed by atoms with Crippen molar-refractivity contribution >= 4 is 28.3 Å². The van der Waals surface area contributed by atoms with Crippen LogP contribution in [0.3, 0.4) is 0 Å². The maximum atomic E-state index is 6.39. The van der Waals surface area contributed by atoms with Gasteiger partial charge in [0.25, 0.3) is 0 Å². The summed E-state index contributed by atoms with van der Waals surface area (Å²) in [5, 5.41) is 4.70. The van der Waals surface area contributed by atoms with Crippen molar-refractivity contribution in [2.45, 2.75) is 0 Å². The van der Waals surface area contributed by atoms with Crippen LogP contribution in [-0.2, 0) is 0 Å². The maximum absolute atomic E-state index is 6.39. The molecule has 0 radical (unpaired) electrons. The smallest absolute Gasteiger partial charge is 0.163 e. The number of fused-ring (bicyclic) bond motifs is 1. The fraction of sp³-hybridized carbons (Fsp3) is 0.0952. The number of pyridine rings is 1. The number of nitrogens with zero attached hydrogens (tertiary/aromatic N) is 3. The van der Waals surface area contributed by atoms with Crippen LogP contribution in [0.4, 0.5) is 5.82 Å². The third kappa shape index (κ3) is 3.17. The number of rotatable bonds is 4. The van der Waals surface area contributed by atoms with Crippen LogP contribution in [0.5, 0.6) is 5.75 Å². The van der Waals surface area contributed by atoms with Gasteiger partial charge in [-0.25, -0.2) is 9.97 Å². The second-order valence-electron chi connectivity index (χ2n) is 5.94. The van der Waals surface area contributed by atoms with E-state index in [1.807, 2.05) is 55.6 Å². The summed E-state index contributed by atoms with van der Waals surface area (Å²) in [6.07, 6.45) is 3.46. The van der Waals surface area contributed by atoms with Crippen molar-refractivity contribution in [2.24, 2.45) is 0 Å². The van der Waals surface area contributed by atoms with Crippen molar-refractivity contribution in [2.75, 3.05) is 19.5 Å². The molecule has 4 aromatic rings. The lowest BCUT2D eigenvalue weighted by atomic mass is 10.0. The van der Waals surface area contributed by atoms with Crippen molar-refractivity contribution in [3.8, 4) is 28.3 Å². The third-order valence-corrected chi connectivity index (χ3v) is 4.66. The summed E-state index contributed by atoms with van der Waals surface area (Å²) in [6, 6.07) is 15.5. The monoisotopic (exact) mass is 376 g/mol. The van der Waals surface area contributed by atoms with E-state index in [0.717, 1.165) is 27.6 Å². The quantitative estimate of drug-likeness (QED) is 0.539. The molecule has 0 atom stereocenters. The molecule has 0 aliphatic carbocycles. The molecular formula is C21H17ClN4O. The zero-order valence-corrected chi connectivity index (χ0v) is 15.7. The number of halogens is 1. The first kappa shape index (κ1) is 17.2. The van der Waals surface area contributed by atoms with Crippen molar-refractivity contribution in [1.29, 1.82) is 0 Å². The molecule has 0 aliphatic heterocycles. The summed E-state index contributed by atoms with van der Waals surface area (Å²) in [5.74, 6) is 1.96. The van der Waals surface area contributed by atoms with Gasteiger partial charge in [-0.2, -0.15) is 0 Å². The molecule has 27 heavy (non-hydrogen) atoms. The Morgan fingerprint density at radius 1 is 1.00 bits per heavy atom. The lowest BCUT2D eigenvalue weighted by molar-refractivity contribution is 0.419. The lowest BCUT2D eigenvalue weighted by Gasteiger charge is -2.14. The Bertz CT molecular complexity index is 1120. The number of benzene rings is 2. The van der Waals surface area contributed by atoms with Gasteiger partial charge < -0.3 is 10.1 Å². The van der Waals surface area contributed by atoms with Crippen LogP contribution in [-0.4, -0.2) is 29.1 Å². The predicted octanol–water partition coefficient (Wildman–Crippen LogP) is 5.06. The summed E-state index contributed by atoms with van der Waals surface area (Å²) in [4.78, 5) is 13.6. The molecule has 0 bridgehead atoms. The molecule has 0 amide bonds. The lowest BCUT2D eigenvalue weighted by Crippen LogP contribution is -2.01. The minimum absolute atomic E-state index is 0.587. The summed E-state index contributed by atoms with van der Waals surface area (Å²) < 4.78 is 5.64. The number of ether oxygens (including phenoxy) is 1. The zero-order valence-electron chi connectivity index (χ0n) is 14.9. The van der Waals surface area contributed by atoms with Crippen molar-refractivity contribution in [3.63, 3.8) is 0 Å². The molecule has 4 rings (SSSR count). The first-order valence-corrected chi connectivity index (χ1v) is 8.82. The molecule has 0 saturated heterocycles. The van der Waals surface area contributed by atoms with E-state index in [9.17, 15) is 0 Å². The maximum Gasteiger partial charge on any atom is 0.163 e. The Labute approximate surface area is 162 Å². The van der Waals surface area contributed by atoms with Crippen molar-refractivity contribution < 1.29 is 4.74 Å². The zero-order chi connectivity index (χ0) is 18.8. The van der Waals surface area contributed by atoms with Crippen LogP contribution < -0.4 is 10.1 Å². The summed E-state index contributed by atoms with van der Waals surface area (Å²) in [6.45, 7) is 0. The molecule has 0 unspecified atom stereocenters. The topological polar surface area (TPSA) is 59.9 Å². The second kappa shape index (κ2) is 7.21. The summed E-state index contributed by atoms with van der Waals surface area (Å²) in [5.41, 5.74) is 3.44. The van der Waals surface area contributed by atoms with E-state index >= 15 is 0 Å². The average Bonchev–Trinajstić information content (AvgIpc) is 2.73. The Balaban J connectivity index is 1.99. The molecule has 0 fully saturated rings. The Morgan fingerprint density at radius 3 is 2.56 bits per heavy atom. The molecule has 2 aromatic heterocycles. The number of hydrogen-bond donors (Lipinski definition) is 1. The molecule has 1 N–H and O–H groups in total. The minimum Gasteiger partial charge on any atom is -0.494 e. The van der Waals surface area contributed by atoms with Gasteiger partial charge in [0, 0.05) is 41.0 Å². The molecule has 6 heteroatoms. The normalized spacial score (nSPS) is 10.8. The highest BCUT2D eigenvalue weighted by Gasteiger charge is 2.15. The minimum atomic E-state index is 0.587. The number of methoxy groups -OCH3 is 1. The van der Waals surface area contributed by atoms with Gasteiger partial charge in [0.15, 0.2) is 5.82 Å². The van der Waals surface area contributed by atoms with Crippen LogP contribution in [0.15, 0.2) is 60.9 Å². The molecule has 0 aliphatic rings. The number of nitrogens with one attached hydrogen (secondary N) is 1. The van der Waals surface area contributed by atoms with Crippen LogP contribution in [0.1, 0.15) is 0 Å². The van der Waals surface area contributed by atoms with Gasteiger partial charge >= 0.3 is 0 Å². The Morgan fingerprint density at radius 2 is 1.85 bits per heavy atom. The number of anilines is 1. The van der Waals surface area contributed by atoms with Crippen LogP contribution in [0.2, 0.25) is 5.02 Å². The van der Waals surface area contributed by atoms with E-state index in [-0.39, 0.29) is 0 Å². The molecule has 0 saturated carbocycles. The van der Waals surface area contributed by atoms with Gasteiger partial charge in [-0.05, 0) is 35.9 Å². The molecule has 5 nitrogen and oxygen atoms in total. The predicted molar refractivity (Wildman–Crippen MR) is 109 cm³/mol. The van der Waals surface area contributed by atoms with Gasteiger partial charge in [0.1, 0.15) is 17.1 Å². The number of aromatic nitrogens is 3. The van der Waals surface area contributed by atoms with Crippen LogP contribution >= 0.6 is 11.6 Å². The van der Waals surface area contributed by atoms with E-state index in [1.54, 1.807) is 19.5 Å². The summed E-state index contributed by atoms with van der Waals surface area (Å²) >= 11 is 6.39. The third-order valence-electron chi connectivity index (χ3n) is 4.33. The second-order valence-corrected chi connectivity index (χ2v) is 6.35. The Hall–Kier alpha value is -3.18. The fourth-order valence-electron chi connectivity index (χ4n) is 3.02. The molecule has 0 spiro atoms. The Kier molecular flexibility index (Phi) is 4.60. The highest BCUT2D eigenvalue weighted by molar-refractivity contribution is 6.33.